The number of rotatable bonds is 3. The predicted molar refractivity (Wildman–Crippen MR) is 87.4 cm³/mol. The molecule has 3 aliphatic heterocycles. The maximum absolute atomic E-state index is 12.6. The molecule has 0 aliphatic carbocycles. The molecule has 0 aromatic heterocycles. The Morgan fingerprint density at radius 1 is 1.17 bits per heavy atom. The lowest BCUT2D eigenvalue weighted by Gasteiger charge is -2.29. The van der Waals surface area contributed by atoms with Crippen LogP contribution in [0.1, 0.15) is 35.2 Å². The van der Waals surface area contributed by atoms with Crippen LogP contribution in [0, 0.1) is 0 Å². The van der Waals surface area contributed by atoms with Gasteiger partial charge in [0, 0.05) is 36.8 Å². The van der Waals surface area contributed by atoms with E-state index in [4.69, 9.17) is 0 Å². The smallest absolute Gasteiger partial charge is 0.255 e. The first-order valence-corrected chi connectivity index (χ1v) is 8.36. The minimum atomic E-state index is -0.557. The van der Waals surface area contributed by atoms with Gasteiger partial charge in [-0.3, -0.25) is 19.7 Å². The van der Waals surface area contributed by atoms with Crippen LogP contribution in [0.5, 0.6) is 0 Å². The van der Waals surface area contributed by atoms with Crippen LogP contribution in [0.2, 0.25) is 0 Å². The molecular formula is C17H20N4O3. The van der Waals surface area contributed by atoms with Crippen molar-refractivity contribution in [3.05, 3.63) is 29.3 Å². The molecule has 3 heterocycles. The number of hydrogen-bond acceptors (Lipinski definition) is 5. The van der Waals surface area contributed by atoms with Gasteiger partial charge in [0.05, 0.1) is 0 Å². The van der Waals surface area contributed by atoms with E-state index in [1.165, 1.54) is 0 Å². The Kier molecular flexibility index (Phi) is 3.72. The molecule has 2 unspecified atom stereocenters. The zero-order chi connectivity index (χ0) is 16.7. The molecule has 1 aromatic rings. The van der Waals surface area contributed by atoms with E-state index in [9.17, 15) is 14.4 Å². The van der Waals surface area contributed by atoms with Gasteiger partial charge in [0.15, 0.2) is 0 Å². The van der Waals surface area contributed by atoms with Crippen molar-refractivity contribution in [1.82, 2.24) is 15.5 Å². The topological polar surface area (TPSA) is 90.5 Å². The third kappa shape index (κ3) is 2.65. The van der Waals surface area contributed by atoms with Crippen LogP contribution < -0.4 is 16.0 Å². The molecule has 7 heteroatoms. The summed E-state index contributed by atoms with van der Waals surface area (Å²) in [7, 11) is 0. The number of amides is 3. The molecule has 3 aliphatic rings. The van der Waals surface area contributed by atoms with Crippen molar-refractivity contribution >= 4 is 23.4 Å². The van der Waals surface area contributed by atoms with E-state index in [2.05, 4.69) is 16.0 Å². The number of hydrogen-bond donors (Lipinski definition) is 3. The van der Waals surface area contributed by atoms with E-state index in [0.717, 1.165) is 30.8 Å². The molecule has 24 heavy (non-hydrogen) atoms. The summed E-state index contributed by atoms with van der Waals surface area (Å²) in [6.07, 6.45) is 1.75. The summed E-state index contributed by atoms with van der Waals surface area (Å²) in [6, 6.07) is 5.60. The molecule has 2 fully saturated rings. The van der Waals surface area contributed by atoms with Gasteiger partial charge in [0.2, 0.25) is 11.8 Å². The molecule has 7 nitrogen and oxygen atoms in total. The zero-order valence-electron chi connectivity index (χ0n) is 13.3. The van der Waals surface area contributed by atoms with Crippen LogP contribution >= 0.6 is 0 Å². The number of nitrogens with zero attached hydrogens (tertiary/aromatic N) is 1. The van der Waals surface area contributed by atoms with Crippen molar-refractivity contribution in [2.45, 2.75) is 37.9 Å². The molecule has 4 rings (SSSR count). The van der Waals surface area contributed by atoms with Gasteiger partial charge in [-0.05, 0) is 43.1 Å². The predicted octanol–water partition coefficient (Wildman–Crippen LogP) is 0.221. The molecule has 0 spiro atoms. The third-order valence-corrected chi connectivity index (χ3v) is 4.95. The second-order valence-corrected chi connectivity index (χ2v) is 6.61. The Balaban J connectivity index is 1.51. The molecule has 0 saturated carbocycles. The number of carbonyl (C=O) groups excluding carboxylic acids is 3. The maximum Gasteiger partial charge on any atom is 0.255 e. The normalized spacial score (nSPS) is 26.5. The SMILES string of the molecule is O=C1CCC(N2Cc3cc(NC4CCNC4)ccc3C2=O)C(=O)N1. The largest absolute Gasteiger partial charge is 0.381 e. The summed E-state index contributed by atoms with van der Waals surface area (Å²) in [5.41, 5.74) is 2.58. The quantitative estimate of drug-likeness (QED) is 0.691. The van der Waals surface area contributed by atoms with Crippen molar-refractivity contribution in [2.24, 2.45) is 0 Å². The Morgan fingerprint density at radius 3 is 2.79 bits per heavy atom. The van der Waals surface area contributed by atoms with Gasteiger partial charge in [-0.25, -0.2) is 0 Å². The highest BCUT2D eigenvalue weighted by Crippen LogP contribution is 2.29. The summed E-state index contributed by atoms with van der Waals surface area (Å²) in [5, 5.41) is 9.11. The summed E-state index contributed by atoms with van der Waals surface area (Å²) in [5.74, 6) is -0.770. The number of anilines is 1. The fourth-order valence-corrected chi connectivity index (χ4v) is 3.68. The van der Waals surface area contributed by atoms with E-state index in [0.29, 0.717) is 24.6 Å². The van der Waals surface area contributed by atoms with Crippen molar-refractivity contribution in [3.63, 3.8) is 0 Å². The van der Waals surface area contributed by atoms with Gasteiger partial charge in [-0.2, -0.15) is 0 Å². The van der Waals surface area contributed by atoms with Crippen LogP contribution in [-0.2, 0) is 16.1 Å². The highest BCUT2D eigenvalue weighted by atomic mass is 16.2. The van der Waals surface area contributed by atoms with E-state index >= 15 is 0 Å². The fourth-order valence-electron chi connectivity index (χ4n) is 3.68. The summed E-state index contributed by atoms with van der Waals surface area (Å²) < 4.78 is 0. The van der Waals surface area contributed by atoms with Gasteiger partial charge in [0.25, 0.3) is 5.91 Å². The van der Waals surface area contributed by atoms with Crippen LogP contribution in [0.3, 0.4) is 0 Å². The Labute approximate surface area is 139 Å². The molecule has 3 N–H and O–H groups in total. The summed E-state index contributed by atoms with van der Waals surface area (Å²) in [6.45, 7) is 2.38. The summed E-state index contributed by atoms with van der Waals surface area (Å²) in [4.78, 5) is 37.5. The molecule has 1 aromatic carbocycles. The zero-order valence-corrected chi connectivity index (χ0v) is 13.3. The lowest BCUT2D eigenvalue weighted by Crippen LogP contribution is -2.52. The summed E-state index contributed by atoms with van der Waals surface area (Å²) >= 11 is 0. The van der Waals surface area contributed by atoms with E-state index in [1.807, 2.05) is 18.2 Å². The second-order valence-electron chi connectivity index (χ2n) is 6.61. The Morgan fingerprint density at radius 2 is 2.04 bits per heavy atom. The number of fused-ring (bicyclic) bond motifs is 1. The minimum absolute atomic E-state index is 0.131. The van der Waals surface area contributed by atoms with Crippen molar-refractivity contribution in [2.75, 3.05) is 18.4 Å². The molecule has 0 radical (unpaired) electrons. The van der Waals surface area contributed by atoms with E-state index in [-0.39, 0.29) is 24.1 Å². The highest BCUT2D eigenvalue weighted by Gasteiger charge is 2.39. The first-order valence-electron chi connectivity index (χ1n) is 8.36. The lowest BCUT2D eigenvalue weighted by atomic mass is 10.0. The average Bonchev–Trinajstić information content (AvgIpc) is 3.16. The van der Waals surface area contributed by atoms with Crippen LogP contribution in [0.25, 0.3) is 0 Å². The van der Waals surface area contributed by atoms with Crippen LogP contribution in [-0.4, -0.2) is 47.8 Å². The second kappa shape index (κ2) is 5.90. The van der Waals surface area contributed by atoms with Gasteiger partial charge in [0.1, 0.15) is 6.04 Å². The maximum atomic E-state index is 12.6. The third-order valence-electron chi connectivity index (χ3n) is 4.95. The first kappa shape index (κ1) is 15.1. The molecule has 3 amide bonds. The van der Waals surface area contributed by atoms with Gasteiger partial charge < -0.3 is 15.5 Å². The highest BCUT2D eigenvalue weighted by molar-refractivity contribution is 6.05. The molecule has 0 bridgehead atoms. The Bertz CT molecular complexity index is 712. The standard InChI is InChI=1S/C17H20N4O3/c22-15-4-3-14(16(23)20-15)21-9-10-7-11(1-2-13(10)17(21)24)19-12-5-6-18-8-12/h1-2,7,12,14,18-19H,3-6,8-9H2,(H,20,22,23). The van der Waals surface area contributed by atoms with Crippen molar-refractivity contribution < 1.29 is 14.4 Å². The van der Waals surface area contributed by atoms with E-state index < -0.39 is 6.04 Å². The molecule has 2 saturated heterocycles. The number of nitrogens with one attached hydrogen (secondary N) is 3. The van der Waals surface area contributed by atoms with Crippen LogP contribution in [0.4, 0.5) is 5.69 Å². The molecular weight excluding hydrogens is 308 g/mol. The van der Waals surface area contributed by atoms with Gasteiger partial charge in [-0.15, -0.1) is 0 Å². The lowest BCUT2D eigenvalue weighted by molar-refractivity contribution is -0.136. The van der Waals surface area contributed by atoms with Crippen molar-refractivity contribution in [1.29, 1.82) is 0 Å². The van der Waals surface area contributed by atoms with Crippen molar-refractivity contribution in [3.8, 4) is 0 Å². The Hall–Kier alpha value is -2.41. The van der Waals surface area contributed by atoms with Crippen LogP contribution in [0.15, 0.2) is 18.2 Å². The average molecular weight is 328 g/mol. The number of carbonyl (C=O) groups is 3. The number of benzene rings is 1. The van der Waals surface area contributed by atoms with Gasteiger partial charge in [-0.1, -0.05) is 0 Å². The molecule has 2 atom stereocenters. The number of piperidine rings is 1. The fraction of sp³-hybridized carbons (Fsp3) is 0.471. The minimum Gasteiger partial charge on any atom is -0.381 e. The monoisotopic (exact) mass is 328 g/mol. The molecule has 126 valence electrons. The first-order chi connectivity index (χ1) is 11.6. The van der Waals surface area contributed by atoms with Gasteiger partial charge >= 0.3 is 0 Å². The van der Waals surface area contributed by atoms with E-state index in [1.54, 1.807) is 4.90 Å². The number of imide groups is 1.